The highest BCUT2D eigenvalue weighted by Crippen LogP contribution is 2.01. The molecule has 0 aliphatic heterocycles. The summed E-state index contributed by atoms with van der Waals surface area (Å²) in [6, 6.07) is 12.1. The fourth-order valence-corrected chi connectivity index (χ4v) is 1.46. The second kappa shape index (κ2) is 8.31. The number of benzene rings is 1. The Morgan fingerprint density at radius 1 is 1.29 bits per heavy atom. The molecule has 90 valence electrons. The van der Waals surface area contributed by atoms with Crippen molar-refractivity contribution in [3.8, 4) is 6.07 Å². The van der Waals surface area contributed by atoms with Gasteiger partial charge in [-0.15, -0.1) is 0 Å². The lowest BCUT2D eigenvalue weighted by atomic mass is 10.1. The van der Waals surface area contributed by atoms with Crippen molar-refractivity contribution >= 4 is 5.91 Å². The first-order valence-electron chi connectivity index (χ1n) is 5.71. The smallest absolute Gasteiger partial charge is 0.234 e. The molecule has 0 bridgehead atoms. The summed E-state index contributed by atoms with van der Waals surface area (Å²) >= 11 is 0. The van der Waals surface area contributed by atoms with E-state index in [1.807, 2.05) is 24.3 Å². The maximum Gasteiger partial charge on any atom is 0.234 e. The summed E-state index contributed by atoms with van der Waals surface area (Å²) < 4.78 is 0. The Labute approximate surface area is 102 Å². The molecule has 0 spiro atoms. The number of rotatable bonds is 7. The summed E-state index contributed by atoms with van der Waals surface area (Å²) in [5, 5.41) is 13.8. The van der Waals surface area contributed by atoms with Crippen LogP contribution < -0.4 is 10.6 Å². The maximum atomic E-state index is 11.1. The Bertz CT molecular complexity index is 370. The third kappa shape index (κ3) is 6.33. The van der Waals surface area contributed by atoms with Crippen LogP contribution in [-0.2, 0) is 11.2 Å². The van der Waals surface area contributed by atoms with Gasteiger partial charge in [-0.3, -0.25) is 4.79 Å². The highest BCUT2D eigenvalue weighted by atomic mass is 16.1. The predicted molar refractivity (Wildman–Crippen MR) is 66.3 cm³/mol. The Morgan fingerprint density at radius 3 is 2.76 bits per heavy atom. The first-order valence-corrected chi connectivity index (χ1v) is 5.71. The number of aryl methyl sites for hydroxylation is 1. The van der Waals surface area contributed by atoms with Crippen molar-refractivity contribution in [3.05, 3.63) is 35.9 Å². The van der Waals surface area contributed by atoms with E-state index >= 15 is 0 Å². The molecule has 0 atom stereocenters. The second-order valence-electron chi connectivity index (χ2n) is 3.70. The van der Waals surface area contributed by atoms with Crippen LogP contribution in [0.4, 0.5) is 0 Å². The number of carbonyl (C=O) groups excluding carboxylic acids is 1. The van der Waals surface area contributed by atoms with E-state index in [-0.39, 0.29) is 19.0 Å². The lowest BCUT2D eigenvalue weighted by molar-refractivity contribution is -0.120. The monoisotopic (exact) mass is 231 g/mol. The van der Waals surface area contributed by atoms with Crippen LogP contribution >= 0.6 is 0 Å². The Morgan fingerprint density at radius 2 is 2.06 bits per heavy atom. The normalized spacial score (nSPS) is 9.59. The number of hydrogen-bond acceptors (Lipinski definition) is 3. The predicted octanol–water partition coefficient (Wildman–Crippen LogP) is 0.849. The number of nitrogens with zero attached hydrogens (tertiary/aromatic N) is 1. The van der Waals surface area contributed by atoms with Gasteiger partial charge in [0, 0.05) is 0 Å². The second-order valence-corrected chi connectivity index (χ2v) is 3.70. The van der Waals surface area contributed by atoms with E-state index in [2.05, 4.69) is 22.8 Å². The first-order chi connectivity index (χ1) is 8.33. The van der Waals surface area contributed by atoms with Gasteiger partial charge < -0.3 is 10.6 Å². The van der Waals surface area contributed by atoms with Gasteiger partial charge >= 0.3 is 0 Å². The number of carbonyl (C=O) groups is 1. The lowest BCUT2D eigenvalue weighted by Crippen LogP contribution is -2.34. The molecule has 0 aliphatic carbocycles. The molecule has 1 aromatic rings. The zero-order chi connectivity index (χ0) is 12.3. The molecule has 0 aliphatic rings. The van der Waals surface area contributed by atoms with Crippen LogP contribution in [0.2, 0.25) is 0 Å². The number of amides is 1. The molecule has 1 amide bonds. The average Bonchev–Trinajstić information content (AvgIpc) is 2.37. The molecule has 0 aromatic heterocycles. The summed E-state index contributed by atoms with van der Waals surface area (Å²) in [6.45, 7) is 1.15. The fraction of sp³-hybridized carbons (Fsp3) is 0.385. The summed E-state index contributed by atoms with van der Waals surface area (Å²) in [4.78, 5) is 11.1. The van der Waals surface area contributed by atoms with E-state index in [0.717, 1.165) is 19.4 Å². The van der Waals surface area contributed by atoms with E-state index in [1.54, 1.807) is 0 Å². The average molecular weight is 231 g/mol. The van der Waals surface area contributed by atoms with Crippen LogP contribution in [-0.4, -0.2) is 25.5 Å². The lowest BCUT2D eigenvalue weighted by Gasteiger charge is -2.04. The van der Waals surface area contributed by atoms with Gasteiger partial charge in [0.15, 0.2) is 0 Å². The number of nitriles is 1. The summed E-state index contributed by atoms with van der Waals surface area (Å²) in [7, 11) is 0. The molecule has 4 heteroatoms. The third-order valence-electron chi connectivity index (χ3n) is 2.31. The van der Waals surface area contributed by atoms with Crippen LogP contribution in [0, 0.1) is 11.3 Å². The zero-order valence-corrected chi connectivity index (χ0v) is 9.78. The molecule has 2 N–H and O–H groups in total. The minimum absolute atomic E-state index is 0.0739. The van der Waals surface area contributed by atoms with Crippen molar-refractivity contribution in [1.29, 1.82) is 5.26 Å². The minimum Gasteiger partial charge on any atom is -0.342 e. The molecule has 17 heavy (non-hydrogen) atoms. The van der Waals surface area contributed by atoms with Crippen molar-refractivity contribution in [1.82, 2.24) is 10.6 Å². The van der Waals surface area contributed by atoms with Crippen LogP contribution in [0.25, 0.3) is 0 Å². The van der Waals surface area contributed by atoms with Crippen molar-refractivity contribution in [2.45, 2.75) is 12.8 Å². The van der Waals surface area contributed by atoms with Gasteiger partial charge in [-0.05, 0) is 24.9 Å². The van der Waals surface area contributed by atoms with Gasteiger partial charge in [0.2, 0.25) is 5.91 Å². The topological polar surface area (TPSA) is 64.9 Å². The molecule has 0 unspecified atom stereocenters. The third-order valence-corrected chi connectivity index (χ3v) is 2.31. The molecule has 0 heterocycles. The van der Waals surface area contributed by atoms with Gasteiger partial charge in [0.05, 0.1) is 12.6 Å². The Hall–Kier alpha value is -1.86. The van der Waals surface area contributed by atoms with Crippen molar-refractivity contribution in [2.75, 3.05) is 19.6 Å². The van der Waals surface area contributed by atoms with Crippen LogP contribution in [0.5, 0.6) is 0 Å². The van der Waals surface area contributed by atoms with E-state index in [9.17, 15) is 4.79 Å². The van der Waals surface area contributed by atoms with Crippen LogP contribution in [0.1, 0.15) is 12.0 Å². The molecule has 1 aromatic carbocycles. The summed E-state index contributed by atoms with van der Waals surface area (Å²) in [5.74, 6) is -0.133. The van der Waals surface area contributed by atoms with Crippen LogP contribution in [0.15, 0.2) is 30.3 Å². The number of nitrogens with one attached hydrogen (secondary N) is 2. The molecule has 0 radical (unpaired) electrons. The Balaban J connectivity index is 2.02. The molecule has 0 saturated heterocycles. The molecular formula is C13H17N3O. The highest BCUT2D eigenvalue weighted by molar-refractivity contribution is 5.78. The van der Waals surface area contributed by atoms with Gasteiger partial charge in [-0.1, -0.05) is 30.3 Å². The quantitative estimate of drug-likeness (QED) is 0.540. The first kappa shape index (κ1) is 13.2. The summed E-state index contributed by atoms with van der Waals surface area (Å²) in [5.41, 5.74) is 1.31. The van der Waals surface area contributed by atoms with Gasteiger partial charge in [-0.2, -0.15) is 5.26 Å². The molecule has 4 nitrogen and oxygen atoms in total. The van der Waals surface area contributed by atoms with Crippen LogP contribution in [0.3, 0.4) is 0 Å². The molecule has 0 saturated carbocycles. The van der Waals surface area contributed by atoms with E-state index < -0.39 is 0 Å². The number of hydrogen-bond donors (Lipinski definition) is 2. The fourth-order valence-electron chi connectivity index (χ4n) is 1.46. The minimum atomic E-state index is -0.133. The Kier molecular flexibility index (Phi) is 6.46. The van der Waals surface area contributed by atoms with Crippen molar-refractivity contribution in [2.24, 2.45) is 0 Å². The largest absolute Gasteiger partial charge is 0.342 e. The molecular weight excluding hydrogens is 214 g/mol. The van der Waals surface area contributed by atoms with Crippen molar-refractivity contribution in [3.63, 3.8) is 0 Å². The molecule has 0 fully saturated rings. The van der Waals surface area contributed by atoms with Gasteiger partial charge in [0.1, 0.15) is 6.54 Å². The molecule has 1 rings (SSSR count). The maximum absolute atomic E-state index is 11.1. The zero-order valence-electron chi connectivity index (χ0n) is 9.78. The standard InChI is InChI=1S/C13H17N3O/c14-8-10-16-13(17)11-15-9-4-7-12-5-2-1-3-6-12/h1-3,5-6,15H,4,7,9-11H2,(H,16,17). The van der Waals surface area contributed by atoms with Gasteiger partial charge in [0.25, 0.3) is 0 Å². The van der Waals surface area contributed by atoms with E-state index in [4.69, 9.17) is 5.26 Å². The van der Waals surface area contributed by atoms with E-state index in [0.29, 0.717) is 0 Å². The van der Waals surface area contributed by atoms with Gasteiger partial charge in [-0.25, -0.2) is 0 Å². The summed E-state index contributed by atoms with van der Waals surface area (Å²) in [6.07, 6.45) is 2.00. The van der Waals surface area contributed by atoms with Crippen molar-refractivity contribution < 1.29 is 4.79 Å². The van der Waals surface area contributed by atoms with E-state index in [1.165, 1.54) is 5.56 Å². The SMILES string of the molecule is N#CCNC(=O)CNCCCc1ccccc1. The highest BCUT2D eigenvalue weighted by Gasteiger charge is 1.98.